The molecule has 1 aliphatic carbocycles. The first kappa shape index (κ1) is 18.8. The van der Waals surface area contributed by atoms with E-state index in [9.17, 15) is 18.0 Å². The standard InChI is InChI=1S/C18H17F3N2O4/c1-25-10-15(17(24)26-2)27-14-9-12(5-6-13(14)11-3-4-11)23-8-7-16(22-23)18(19,20)21/h5-11H,3-4H2,1-2H3/b15-10-. The van der Waals surface area contributed by atoms with Crippen LogP contribution in [0.15, 0.2) is 42.5 Å². The Morgan fingerprint density at radius 1 is 1.26 bits per heavy atom. The molecular formula is C18H17F3N2O4. The predicted molar refractivity (Wildman–Crippen MR) is 88.3 cm³/mol. The molecule has 1 heterocycles. The van der Waals surface area contributed by atoms with Gasteiger partial charge in [0.15, 0.2) is 5.69 Å². The smallest absolute Gasteiger partial charge is 0.435 e. The molecule has 1 aromatic heterocycles. The minimum absolute atomic E-state index is 0.171. The van der Waals surface area contributed by atoms with Gasteiger partial charge in [0.1, 0.15) is 12.0 Å². The number of aromatic nitrogens is 2. The van der Waals surface area contributed by atoms with Crippen molar-refractivity contribution in [2.45, 2.75) is 24.9 Å². The summed E-state index contributed by atoms with van der Waals surface area (Å²) in [5.74, 6) is -0.287. The Kier molecular flexibility index (Phi) is 5.11. The first-order chi connectivity index (χ1) is 12.8. The fourth-order valence-electron chi connectivity index (χ4n) is 2.54. The van der Waals surface area contributed by atoms with Gasteiger partial charge in [0.05, 0.1) is 19.9 Å². The molecule has 0 amide bonds. The van der Waals surface area contributed by atoms with Crippen LogP contribution in [0.4, 0.5) is 13.2 Å². The summed E-state index contributed by atoms with van der Waals surface area (Å²) in [5.41, 5.74) is 0.227. The van der Waals surface area contributed by atoms with Crippen LogP contribution in [-0.2, 0) is 20.4 Å². The number of rotatable bonds is 6. The summed E-state index contributed by atoms with van der Waals surface area (Å²) in [4.78, 5) is 11.8. The summed E-state index contributed by atoms with van der Waals surface area (Å²) in [5, 5.41) is 3.55. The van der Waals surface area contributed by atoms with Gasteiger partial charge >= 0.3 is 12.1 Å². The third-order valence-corrected chi connectivity index (χ3v) is 3.99. The van der Waals surface area contributed by atoms with Crippen LogP contribution in [0.5, 0.6) is 5.75 Å². The minimum Gasteiger partial charge on any atom is -0.500 e. The fraction of sp³-hybridized carbons (Fsp3) is 0.333. The van der Waals surface area contributed by atoms with Gasteiger partial charge in [0.25, 0.3) is 0 Å². The van der Waals surface area contributed by atoms with Crippen molar-refractivity contribution in [1.82, 2.24) is 9.78 Å². The van der Waals surface area contributed by atoms with Crippen LogP contribution in [0.2, 0.25) is 0 Å². The van der Waals surface area contributed by atoms with Crippen molar-refractivity contribution in [3.8, 4) is 11.4 Å². The highest BCUT2D eigenvalue weighted by molar-refractivity contribution is 5.86. The van der Waals surface area contributed by atoms with E-state index in [1.54, 1.807) is 12.1 Å². The van der Waals surface area contributed by atoms with Gasteiger partial charge in [-0.25, -0.2) is 9.48 Å². The van der Waals surface area contributed by atoms with Gasteiger partial charge in [-0.2, -0.15) is 18.3 Å². The van der Waals surface area contributed by atoms with Gasteiger partial charge in [-0.05, 0) is 36.5 Å². The van der Waals surface area contributed by atoms with Gasteiger partial charge in [-0.3, -0.25) is 0 Å². The van der Waals surface area contributed by atoms with Crippen LogP contribution in [0.1, 0.15) is 30.0 Å². The molecule has 0 unspecified atom stereocenters. The average Bonchev–Trinajstić information content (AvgIpc) is 3.34. The lowest BCUT2D eigenvalue weighted by molar-refractivity contribution is -0.141. The Labute approximate surface area is 153 Å². The molecule has 0 spiro atoms. The van der Waals surface area contributed by atoms with Gasteiger partial charge in [-0.1, -0.05) is 6.07 Å². The van der Waals surface area contributed by atoms with Crippen molar-refractivity contribution in [2.75, 3.05) is 14.2 Å². The van der Waals surface area contributed by atoms with E-state index in [1.165, 1.54) is 26.5 Å². The maximum atomic E-state index is 12.8. The molecule has 0 aliphatic heterocycles. The topological polar surface area (TPSA) is 62.6 Å². The van der Waals surface area contributed by atoms with Gasteiger partial charge in [0.2, 0.25) is 5.76 Å². The number of nitrogens with zero attached hydrogens (tertiary/aromatic N) is 2. The van der Waals surface area contributed by atoms with Crippen LogP contribution >= 0.6 is 0 Å². The monoisotopic (exact) mass is 382 g/mol. The molecule has 6 nitrogen and oxygen atoms in total. The number of carbonyl (C=O) groups is 1. The molecule has 1 fully saturated rings. The van der Waals surface area contributed by atoms with Crippen molar-refractivity contribution in [1.29, 1.82) is 0 Å². The number of carbonyl (C=O) groups excluding carboxylic acids is 1. The van der Waals surface area contributed by atoms with Crippen molar-refractivity contribution in [3.05, 3.63) is 53.7 Å². The number of alkyl halides is 3. The van der Waals surface area contributed by atoms with E-state index < -0.39 is 17.8 Å². The van der Waals surface area contributed by atoms with E-state index in [0.717, 1.165) is 35.4 Å². The number of esters is 1. The summed E-state index contributed by atoms with van der Waals surface area (Å²) < 4.78 is 54.6. The number of methoxy groups -OCH3 is 2. The van der Waals surface area contributed by atoms with Gasteiger partial charge in [-0.15, -0.1) is 0 Å². The second kappa shape index (κ2) is 7.34. The van der Waals surface area contributed by atoms with E-state index in [1.807, 2.05) is 0 Å². The number of halogens is 3. The van der Waals surface area contributed by atoms with E-state index in [-0.39, 0.29) is 11.7 Å². The normalized spacial score (nSPS) is 14.8. The van der Waals surface area contributed by atoms with Crippen LogP contribution in [0.25, 0.3) is 5.69 Å². The van der Waals surface area contributed by atoms with Crippen molar-refractivity contribution < 1.29 is 32.2 Å². The third kappa shape index (κ3) is 4.24. The molecule has 1 aliphatic rings. The molecule has 9 heteroatoms. The molecule has 0 atom stereocenters. The van der Waals surface area contributed by atoms with Crippen LogP contribution < -0.4 is 4.74 Å². The summed E-state index contributed by atoms with van der Waals surface area (Å²) in [6.07, 6.45) is -0.276. The number of hydrogen-bond donors (Lipinski definition) is 0. The first-order valence-corrected chi connectivity index (χ1v) is 8.09. The highest BCUT2D eigenvalue weighted by Crippen LogP contribution is 2.45. The largest absolute Gasteiger partial charge is 0.500 e. The summed E-state index contributed by atoms with van der Waals surface area (Å²) >= 11 is 0. The Balaban J connectivity index is 1.97. The zero-order chi connectivity index (χ0) is 19.6. The summed E-state index contributed by atoms with van der Waals surface area (Å²) in [7, 11) is 2.56. The molecule has 27 heavy (non-hydrogen) atoms. The predicted octanol–water partition coefficient (Wildman–Crippen LogP) is 3.81. The third-order valence-electron chi connectivity index (χ3n) is 3.99. The summed E-state index contributed by atoms with van der Waals surface area (Å²) in [6, 6.07) is 5.85. The van der Waals surface area contributed by atoms with Crippen LogP contribution in [0.3, 0.4) is 0 Å². The lowest BCUT2D eigenvalue weighted by Gasteiger charge is -2.14. The van der Waals surface area contributed by atoms with Gasteiger partial charge < -0.3 is 14.2 Å². The molecule has 2 aromatic rings. The fourth-order valence-corrected chi connectivity index (χ4v) is 2.54. The van der Waals surface area contributed by atoms with E-state index in [4.69, 9.17) is 9.47 Å². The molecular weight excluding hydrogens is 365 g/mol. The van der Waals surface area contributed by atoms with Crippen LogP contribution in [-0.4, -0.2) is 30.0 Å². The molecule has 0 radical (unpaired) electrons. The molecule has 1 saturated carbocycles. The number of benzene rings is 1. The molecule has 144 valence electrons. The quantitative estimate of drug-likeness (QED) is 0.432. The van der Waals surface area contributed by atoms with Crippen molar-refractivity contribution in [2.24, 2.45) is 0 Å². The zero-order valence-electron chi connectivity index (χ0n) is 14.6. The van der Waals surface area contributed by atoms with E-state index >= 15 is 0 Å². The zero-order valence-corrected chi connectivity index (χ0v) is 14.6. The molecule has 0 saturated heterocycles. The lowest BCUT2D eigenvalue weighted by Crippen LogP contribution is -2.12. The molecule has 0 bridgehead atoms. The molecule has 3 rings (SSSR count). The Morgan fingerprint density at radius 3 is 2.56 bits per heavy atom. The minimum atomic E-state index is -4.53. The first-order valence-electron chi connectivity index (χ1n) is 8.09. The Bertz CT molecular complexity index is 870. The van der Waals surface area contributed by atoms with Gasteiger partial charge in [0, 0.05) is 12.3 Å². The molecule has 1 aromatic carbocycles. The maximum absolute atomic E-state index is 12.8. The highest BCUT2D eigenvalue weighted by atomic mass is 19.4. The average molecular weight is 382 g/mol. The second-order valence-electron chi connectivity index (χ2n) is 5.95. The second-order valence-corrected chi connectivity index (χ2v) is 5.95. The van der Waals surface area contributed by atoms with Crippen LogP contribution in [0, 0.1) is 0 Å². The highest BCUT2D eigenvalue weighted by Gasteiger charge is 2.34. The SMILES string of the molecule is CO/C=C(\Oc1cc(-n2ccc(C(F)(F)F)n2)ccc1C1CC1)C(=O)OC. The molecule has 0 N–H and O–H groups in total. The summed E-state index contributed by atoms with van der Waals surface area (Å²) in [6.45, 7) is 0. The number of hydrogen-bond acceptors (Lipinski definition) is 5. The number of ether oxygens (including phenoxy) is 3. The Hall–Kier alpha value is -2.97. The van der Waals surface area contributed by atoms with Crippen molar-refractivity contribution in [3.63, 3.8) is 0 Å². The van der Waals surface area contributed by atoms with Crippen molar-refractivity contribution >= 4 is 5.97 Å². The van der Waals surface area contributed by atoms with E-state index in [2.05, 4.69) is 9.84 Å². The Morgan fingerprint density at radius 2 is 2.00 bits per heavy atom. The lowest BCUT2D eigenvalue weighted by atomic mass is 10.1. The van der Waals surface area contributed by atoms with E-state index in [0.29, 0.717) is 11.4 Å². The maximum Gasteiger partial charge on any atom is 0.435 e.